The first kappa shape index (κ1) is 11.7. The average Bonchev–Trinajstić information content (AvgIpc) is 2.72. The summed E-state index contributed by atoms with van der Waals surface area (Å²) in [5.74, 6) is 1.39. The Morgan fingerprint density at radius 1 is 1.47 bits per heavy atom. The van der Waals surface area contributed by atoms with Gasteiger partial charge in [-0.1, -0.05) is 6.92 Å². The average molecular weight is 233 g/mol. The lowest BCUT2D eigenvalue weighted by Crippen LogP contribution is -2.32. The second-order valence-corrected chi connectivity index (χ2v) is 4.43. The van der Waals surface area contributed by atoms with Crippen molar-refractivity contribution < 1.29 is 0 Å². The quantitative estimate of drug-likeness (QED) is 0.876. The van der Waals surface area contributed by atoms with Crippen LogP contribution in [0.15, 0.2) is 18.6 Å². The Bertz CT molecular complexity index is 503. The third-order valence-corrected chi connectivity index (χ3v) is 2.73. The Kier molecular flexibility index (Phi) is 3.17. The van der Waals surface area contributed by atoms with Crippen molar-refractivity contribution in [3.05, 3.63) is 18.6 Å². The predicted octanol–water partition coefficient (Wildman–Crippen LogP) is 1.94. The fraction of sp³-hybridized carbons (Fsp3) is 0.500. The number of rotatable bonds is 4. The van der Waals surface area contributed by atoms with Gasteiger partial charge in [-0.25, -0.2) is 9.97 Å². The van der Waals surface area contributed by atoms with Crippen LogP contribution < -0.4 is 10.6 Å². The molecule has 0 atom stereocenters. The highest BCUT2D eigenvalue weighted by atomic mass is 15.2. The lowest BCUT2D eigenvalue weighted by atomic mass is 10.3. The highest BCUT2D eigenvalue weighted by Crippen LogP contribution is 2.21. The maximum absolute atomic E-state index is 5.83. The van der Waals surface area contributed by atoms with Crippen LogP contribution in [-0.2, 0) is 0 Å². The number of hydrogen-bond acceptors (Lipinski definition) is 4. The Labute approximate surface area is 101 Å². The first-order valence-electron chi connectivity index (χ1n) is 5.99. The molecule has 0 fully saturated rings. The minimum Gasteiger partial charge on any atom is -0.382 e. The van der Waals surface area contributed by atoms with Gasteiger partial charge < -0.3 is 15.0 Å². The summed E-state index contributed by atoms with van der Waals surface area (Å²) in [4.78, 5) is 11.0. The van der Waals surface area contributed by atoms with Crippen LogP contribution in [0.1, 0.15) is 27.2 Å². The highest BCUT2D eigenvalue weighted by molar-refractivity contribution is 5.66. The van der Waals surface area contributed by atoms with Crippen LogP contribution in [0.25, 0.3) is 5.65 Å². The molecular formula is C12H19N5. The molecule has 0 radical (unpaired) electrons. The number of nitrogens with zero attached hydrogens (tertiary/aromatic N) is 4. The standard InChI is InChI=1S/C12H19N5/c1-4-6-17(9(2)3)12-11-14-5-7-16(11)8-10(13)15-12/h5,7-9H,4,6,13H2,1-3H3. The van der Waals surface area contributed by atoms with Crippen LogP contribution in [0.4, 0.5) is 11.6 Å². The van der Waals surface area contributed by atoms with Crippen LogP contribution in [0, 0.1) is 0 Å². The molecule has 0 aliphatic rings. The van der Waals surface area contributed by atoms with Crippen molar-refractivity contribution in [2.75, 3.05) is 17.2 Å². The number of nitrogen functional groups attached to an aromatic ring is 1. The SMILES string of the molecule is CCCN(c1nc(N)cn2ccnc12)C(C)C. The van der Waals surface area contributed by atoms with Crippen LogP contribution in [0.5, 0.6) is 0 Å². The third-order valence-electron chi connectivity index (χ3n) is 2.73. The molecule has 0 aromatic carbocycles. The third kappa shape index (κ3) is 2.18. The summed E-state index contributed by atoms with van der Waals surface area (Å²) in [6.07, 6.45) is 6.52. The van der Waals surface area contributed by atoms with Gasteiger partial charge in [0.1, 0.15) is 5.82 Å². The molecule has 0 saturated heterocycles. The summed E-state index contributed by atoms with van der Waals surface area (Å²) < 4.78 is 1.92. The molecule has 0 amide bonds. The number of fused-ring (bicyclic) bond motifs is 1. The van der Waals surface area contributed by atoms with E-state index in [1.54, 1.807) is 12.4 Å². The van der Waals surface area contributed by atoms with Gasteiger partial charge in [-0.05, 0) is 20.3 Å². The van der Waals surface area contributed by atoms with E-state index < -0.39 is 0 Å². The first-order chi connectivity index (χ1) is 8.13. The maximum atomic E-state index is 5.83. The first-order valence-corrected chi connectivity index (χ1v) is 5.99. The fourth-order valence-corrected chi connectivity index (χ4v) is 1.98. The molecule has 2 N–H and O–H groups in total. The van der Waals surface area contributed by atoms with E-state index in [9.17, 15) is 0 Å². The smallest absolute Gasteiger partial charge is 0.180 e. The van der Waals surface area contributed by atoms with Crippen molar-refractivity contribution in [2.24, 2.45) is 0 Å². The Hall–Kier alpha value is -1.78. The minimum atomic E-state index is 0.379. The molecule has 0 unspecified atom stereocenters. The zero-order valence-corrected chi connectivity index (χ0v) is 10.6. The van der Waals surface area contributed by atoms with Gasteiger partial charge >= 0.3 is 0 Å². The van der Waals surface area contributed by atoms with E-state index >= 15 is 0 Å². The number of aromatic nitrogens is 3. The molecule has 2 aromatic rings. The Morgan fingerprint density at radius 2 is 2.24 bits per heavy atom. The molecule has 17 heavy (non-hydrogen) atoms. The van der Waals surface area contributed by atoms with Crippen LogP contribution in [-0.4, -0.2) is 27.0 Å². The summed E-state index contributed by atoms with van der Waals surface area (Å²) in [7, 11) is 0. The second kappa shape index (κ2) is 4.61. The van der Waals surface area contributed by atoms with Gasteiger partial charge in [-0.3, -0.25) is 0 Å². The zero-order valence-electron chi connectivity index (χ0n) is 10.6. The maximum Gasteiger partial charge on any atom is 0.180 e. The Balaban J connectivity index is 2.54. The molecule has 0 bridgehead atoms. The topological polar surface area (TPSA) is 59.5 Å². The van der Waals surface area contributed by atoms with E-state index in [0.717, 1.165) is 24.4 Å². The fourth-order valence-electron chi connectivity index (χ4n) is 1.98. The van der Waals surface area contributed by atoms with Crippen molar-refractivity contribution in [3.63, 3.8) is 0 Å². The van der Waals surface area contributed by atoms with Gasteiger partial charge in [0.2, 0.25) is 0 Å². The molecule has 0 saturated carbocycles. The van der Waals surface area contributed by atoms with Gasteiger partial charge in [-0.15, -0.1) is 0 Å². The second-order valence-electron chi connectivity index (χ2n) is 4.43. The number of imidazole rings is 1. The van der Waals surface area contributed by atoms with E-state index in [1.807, 2.05) is 10.6 Å². The summed E-state index contributed by atoms with van der Waals surface area (Å²) >= 11 is 0. The molecule has 0 aliphatic carbocycles. The number of anilines is 2. The largest absolute Gasteiger partial charge is 0.382 e. The monoisotopic (exact) mass is 233 g/mol. The molecule has 2 rings (SSSR count). The van der Waals surface area contributed by atoms with Crippen molar-refractivity contribution in [1.29, 1.82) is 0 Å². The zero-order chi connectivity index (χ0) is 12.4. The molecule has 2 aromatic heterocycles. The number of nitrogens with two attached hydrogens (primary N) is 1. The normalized spacial score (nSPS) is 11.3. The molecule has 0 aliphatic heterocycles. The molecule has 92 valence electrons. The van der Waals surface area contributed by atoms with E-state index in [2.05, 4.69) is 35.6 Å². The van der Waals surface area contributed by atoms with Crippen LogP contribution in [0.3, 0.4) is 0 Å². The predicted molar refractivity (Wildman–Crippen MR) is 70.2 cm³/mol. The summed E-state index contributed by atoms with van der Waals surface area (Å²) in [5.41, 5.74) is 6.69. The summed E-state index contributed by atoms with van der Waals surface area (Å²) in [6.45, 7) is 7.42. The molecule has 5 heteroatoms. The lowest BCUT2D eigenvalue weighted by Gasteiger charge is -2.27. The van der Waals surface area contributed by atoms with E-state index in [-0.39, 0.29) is 0 Å². The van der Waals surface area contributed by atoms with Gasteiger partial charge in [0.05, 0.1) is 6.20 Å². The van der Waals surface area contributed by atoms with Crippen molar-refractivity contribution >= 4 is 17.3 Å². The van der Waals surface area contributed by atoms with Crippen LogP contribution in [0.2, 0.25) is 0 Å². The van der Waals surface area contributed by atoms with Gasteiger partial charge in [0.15, 0.2) is 11.5 Å². The van der Waals surface area contributed by atoms with Crippen molar-refractivity contribution in [3.8, 4) is 0 Å². The summed E-state index contributed by atoms with van der Waals surface area (Å²) in [6, 6.07) is 0.379. The highest BCUT2D eigenvalue weighted by Gasteiger charge is 2.16. The van der Waals surface area contributed by atoms with E-state index in [4.69, 9.17) is 5.73 Å². The van der Waals surface area contributed by atoms with Crippen molar-refractivity contribution in [2.45, 2.75) is 33.2 Å². The Morgan fingerprint density at radius 3 is 2.88 bits per heavy atom. The van der Waals surface area contributed by atoms with Gasteiger partial charge in [-0.2, -0.15) is 0 Å². The van der Waals surface area contributed by atoms with E-state index in [1.165, 1.54) is 0 Å². The molecule has 0 spiro atoms. The summed E-state index contributed by atoms with van der Waals surface area (Å²) in [5, 5.41) is 0. The van der Waals surface area contributed by atoms with Crippen LogP contribution >= 0.6 is 0 Å². The van der Waals surface area contributed by atoms with Crippen molar-refractivity contribution in [1.82, 2.24) is 14.4 Å². The number of hydrogen-bond donors (Lipinski definition) is 1. The molecule has 2 heterocycles. The lowest BCUT2D eigenvalue weighted by molar-refractivity contribution is 0.663. The minimum absolute atomic E-state index is 0.379. The van der Waals surface area contributed by atoms with E-state index in [0.29, 0.717) is 11.9 Å². The van der Waals surface area contributed by atoms with Gasteiger partial charge in [0, 0.05) is 25.0 Å². The van der Waals surface area contributed by atoms with Gasteiger partial charge in [0.25, 0.3) is 0 Å². The molecule has 5 nitrogen and oxygen atoms in total. The molecular weight excluding hydrogens is 214 g/mol.